The van der Waals surface area contributed by atoms with E-state index in [4.69, 9.17) is 4.98 Å². The molecule has 5 aromatic carbocycles. The maximum absolute atomic E-state index is 4.89. The van der Waals surface area contributed by atoms with E-state index in [9.17, 15) is 0 Å². The highest BCUT2D eigenvalue weighted by Crippen LogP contribution is 2.48. The number of benzene rings is 5. The van der Waals surface area contributed by atoms with Gasteiger partial charge in [-0.3, -0.25) is 0 Å². The number of hydrogen-bond acceptors (Lipinski definition) is 2. The van der Waals surface area contributed by atoms with Crippen LogP contribution in [0.2, 0.25) is 0 Å². The molecule has 0 saturated heterocycles. The van der Waals surface area contributed by atoms with Crippen molar-refractivity contribution in [3.8, 4) is 55.8 Å². The van der Waals surface area contributed by atoms with Gasteiger partial charge in [-0.1, -0.05) is 103 Å². The topological polar surface area (TPSA) is 25.8 Å². The fraction of sp³-hybridized carbons (Fsp3) is 0.0303. The van der Waals surface area contributed by atoms with Gasteiger partial charge in [-0.2, -0.15) is 0 Å². The van der Waals surface area contributed by atoms with Crippen molar-refractivity contribution in [2.24, 2.45) is 0 Å². The van der Waals surface area contributed by atoms with Crippen molar-refractivity contribution in [2.75, 3.05) is 0 Å². The van der Waals surface area contributed by atoms with Crippen molar-refractivity contribution in [2.45, 2.75) is 6.92 Å². The van der Waals surface area contributed by atoms with Crippen LogP contribution in [0, 0.1) is 6.92 Å². The summed E-state index contributed by atoms with van der Waals surface area (Å²) in [7, 11) is 0. The van der Waals surface area contributed by atoms with Gasteiger partial charge in [-0.05, 0) is 63.6 Å². The molecule has 35 heavy (non-hydrogen) atoms. The molecule has 0 amide bonds. The number of rotatable bonds is 1. The molecular weight excluding hydrogens is 424 g/mol. The Hall–Kier alpha value is -4.56. The second kappa shape index (κ2) is 7.75. The van der Waals surface area contributed by atoms with E-state index in [2.05, 4.69) is 114 Å². The Morgan fingerprint density at radius 3 is 1.46 bits per heavy atom. The van der Waals surface area contributed by atoms with E-state index in [0.717, 1.165) is 28.0 Å². The summed E-state index contributed by atoms with van der Waals surface area (Å²) in [5.41, 5.74) is 13.0. The van der Waals surface area contributed by atoms with Crippen molar-refractivity contribution in [1.29, 1.82) is 0 Å². The van der Waals surface area contributed by atoms with Gasteiger partial charge < -0.3 is 0 Å². The van der Waals surface area contributed by atoms with Crippen molar-refractivity contribution in [3.63, 3.8) is 0 Å². The van der Waals surface area contributed by atoms with Crippen LogP contribution in [0.25, 0.3) is 66.7 Å². The maximum Gasteiger partial charge on any atom is 0.126 e. The third kappa shape index (κ3) is 3.11. The van der Waals surface area contributed by atoms with Gasteiger partial charge in [0.2, 0.25) is 0 Å². The molecule has 7 rings (SSSR count). The lowest BCUT2D eigenvalue weighted by Crippen LogP contribution is -1.98. The number of aryl methyl sites for hydroxylation is 1. The van der Waals surface area contributed by atoms with Crippen LogP contribution in [0.3, 0.4) is 0 Å². The highest BCUT2D eigenvalue weighted by atomic mass is 14.9. The molecule has 164 valence electrons. The van der Waals surface area contributed by atoms with Crippen LogP contribution in [0.1, 0.15) is 5.82 Å². The molecule has 0 saturated carbocycles. The molecule has 1 aromatic heterocycles. The smallest absolute Gasteiger partial charge is 0.126 e. The molecule has 6 aromatic rings. The second-order valence-electron chi connectivity index (χ2n) is 9.03. The van der Waals surface area contributed by atoms with Crippen LogP contribution < -0.4 is 0 Å². The fourth-order valence-electron chi connectivity index (χ4n) is 5.42. The molecule has 2 heteroatoms. The molecule has 1 heterocycles. The minimum Gasteiger partial charge on any atom is -0.233 e. The summed E-state index contributed by atoms with van der Waals surface area (Å²) in [6.07, 6.45) is 0. The lowest BCUT2D eigenvalue weighted by atomic mass is 9.80. The van der Waals surface area contributed by atoms with Crippen LogP contribution in [0.15, 0.2) is 115 Å². The van der Waals surface area contributed by atoms with E-state index in [-0.39, 0.29) is 0 Å². The summed E-state index contributed by atoms with van der Waals surface area (Å²) >= 11 is 0. The molecular formula is C33H22N2. The first kappa shape index (κ1) is 19.9. The average molecular weight is 447 g/mol. The van der Waals surface area contributed by atoms with Crippen LogP contribution in [0.4, 0.5) is 0 Å². The number of nitrogens with zero attached hydrogens (tertiary/aromatic N) is 2. The van der Waals surface area contributed by atoms with E-state index in [0.29, 0.717) is 0 Å². The highest BCUT2D eigenvalue weighted by Gasteiger charge is 2.22. The number of hydrogen-bond donors (Lipinski definition) is 0. The molecule has 0 N–H and O–H groups in total. The van der Waals surface area contributed by atoms with Gasteiger partial charge in [0.25, 0.3) is 0 Å². The first-order valence-electron chi connectivity index (χ1n) is 11.9. The van der Waals surface area contributed by atoms with Gasteiger partial charge in [0.05, 0.1) is 11.2 Å². The number of aromatic nitrogens is 2. The largest absolute Gasteiger partial charge is 0.233 e. The van der Waals surface area contributed by atoms with Gasteiger partial charge in [-0.15, -0.1) is 0 Å². The molecule has 0 fully saturated rings. The third-order valence-corrected chi connectivity index (χ3v) is 6.95. The first-order chi connectivity index (χ1) is 17.3. The predicted molar refractivity (Wildman–Crippen MR) is 145 cm³/mol. The van der Waals surface area contributed by atoms with Crippen molar-refractivity contribution >= 4 is 10.9 Å². The minimum absolute atomic E-state index is 0.783. The summed E-state index contributed by atoms with van der Waals surface area (Å²) in [6.45, 7) is 1.96. The SMILES string of the molecule is Cc1nc(-c2ccc3c(c2)-c2ccccc2-c2ccccc2-c2ccccc2-3)c2ccccc2n1. The summed E-state index contributed by atoms with van der Waals surface area (Å²) in [5.74, 6) is 0.783. The monoisotopic (exact) mass is 446 g/mol. The quantitative estimate of drug-likeness (QED) is 0.252. The number of fused-ring (bicyclic) bond motifs is 9. The van der Waals surface area contributed by atoms with E-state index < -0.39 is 0 Å². The Labute approximate surface area is 204 Å². The zero-order chi connectivity index (χ0) is 23.4. The fourth-order valence-corrected chi connectivity index (χ4v) is 5.42. The van der Waals surface area contributed by atoms with Gasteiger partial charge >= 0.3 is 0 Å². The predicted octanol–water partition coefficient (Wildman–Crippen LogP) is 8.59. The lowest BCUT2D eigenvalue weighted by Gasteiger charge is -2.23. The lowest BCUT2D eigenvalue weighted by molar-refractivity contribution is 1.10. The van der Waals surface area contributed by atoms with Crippen molar-refractivity contribution in [1.82, 2.24) is 9.97 Å². The summed E-state index contributed by atoms with van der Waals surface area (Å²) in [6, 6.07) is 41.3. The Kier molecular flexibility index (Phi) is 4.40. The Morgan fingerprint density at radius 2 is 0.886 bits per heavy atom. The second-order valence-corrected chi connectivity index (χ2v) is 9.03. The average Bonchev–Trinajstić information content (AvgIpc) is 2.91. The van der Waals surface area contributed by atoms with Gasteiger partial charge in [0, 0.05) is 10.9 Å². The normalized spacial score (nSPS) is 11.6. The van der Waals surface area contributed by atoms with Gasteiger partial charge in [0.15, 0.2) is 0 Å². The van der Waals surface area contributed by atoms with Crippen LogP contribution in [-0.2, 0) is 0 Å². The summed E-state index contributed by atoms with van der Waals surface area (Å²) in [4.78, 5) is 9.54. The van der Waals surface area contributed by atoms with E-state index in [1.165, 1.54) is 44.5 Å². The molecule has 0 aliphatic heterocycles. The minimum atomic E-state index is 0.783. The molecule has 2 nitrogen and oxygen atoms in total. The summed E-state index contributed by atoms with van der Waals surface area (Å²) < 4.78 is 0. The molecule has 0 atom stereocenters. The maximum atomic E-state index is 4.89. The standard InChI is InChI=1S/C33H22N2/c1-21-34-32-17-9-8-16-30(32)33(35-21)22-18-19-29-27-14-5-4-12-25(27)23-10-2-3-11-24(23)26-13-6-7-15-28(26)31(29)20-22/h2-20H,1H3. The first-order valence-corrected chi connectivity index (χ1v) is 11.9. The van der Waals surface area contributed by atoms with Gasteiger partial charge in [0.1, 0.15) is 5.82 Å². The third-order valence-electron chi connectivity index (χ3n) is 6.95. The molecule has 0 spiro atoms. The Bertz CT molecular complexity index is 1760. The van der Waals surface area contributed by atoms with E-state index >= 15 is 0 Å². The van der Waals surface area contributed by atoms with Crippen molar-refractivity contribution in [3.05, 3.63) is 121 Å². The van der Waals surface area contributed by atoms with Crippen LogP contribution in [-0.4, -0.2) is 9.97 Å². The zero-order valence-electron chi connectivity index (χ0n) is 19.4. The molecule has 0 unspecified atom stereocenters. The molecule has 1 aliphatic rings. The van der Waals surface area contributed by atoms with Gasteiger partial charge in [-0.25, -0.2) is 9.97 Å². The zero-order valence-corrected chi connectivity index (χ0v) is 19.4. The van der Waals surface area contributed by atoms with Crippen molar-refractivity contribution < 1.29 is 0 Å². The Balaban J connectivity index is 1.58. The van der Waals surface area contributed by atoms with E-state index in [1.54, 1.807) is 0 Å². The Morgan fingerprint density at radius 1 is 0.429 bits per heavy atom. The summed E-state index contributed by atoms with van der Waals surface area (Å²) in [5, 5.41) is 1.07. The van der Waals surface area contributed by atoms with Crippen LogP contribution >= 0.6 is 0 Å². The molecule has 0 radical (unpaired) electrons. The highest BCUT2D eigenvalue weighted by molar-refractivity contribution is 6.04. The molecule has 1 aliphatic carbocycles. The van der Waals surface area contributed by atoms with Crippen LogP contribution in [0.5, 0.6) is 0 Å². The van der Waals surface area contributed by atoms with E-state index in [1.807, 2.05) is 13.0 Å². The number of para-hydroxylation sites is 1. The molecule has 0 bridgehead atoms.